The third-order valence-corrected chi connectivity index (χ3v) is 2.87. The van der Waals surface area contributed by atoms with Crippen LogP contribution in [0.25, 0.3) is 0 Å². The van der Waals surface area contributed by atoms with Gasteiger partial charge in [-0.15, -0.1) is 0 Å². The Labute approximate surface area is 99.1 Å². The van der Waals surface area contributed by atoms with Crippen LogP contribution in [0, 0.1) is 5.41 Å². The van der Waals surface area contributed by atoms with Gasteiger partial charge in [-0.2, -0.15) is 0 Å². The molecule has 96 valence electrons. The average molecular weight is 230 g/mol. The lowest BCUT2D eigenvalue weighted by Gasteiger charge is -2.26. The van der Waals surface area contributed by atoms with E-state index >= 15 is 0 Å². The zero-order chi connectivity index (χ0) is 12.8. The van der Waals surface area contributed by atoms with E-state index in [1.165, 1.54) is 0 Å². The minimum atomic E-state index is -0.369. The first-order chi connectivity index (χ1) is 7.25. The third-order valence-electron chi connectivity index (χ3n) is 2.87. The maximum Gasteiger partial charge on any atom is 0.226 e. The van der Waals surface area contributed by atoms with Crippen LogP contribution in [0.3, 0.4) is 0 Å². The van der Waals surface area contributed by atoms with Crippen molar-refractivity contribution in [3.8, 4) is 0 Å². The fourth-order valence-electron chi connectivity index (χ4n) is 1.31. The predicted octanol–water partition coefficient (Wildman–Crippen LogP) is 1.16. The van der Waals surface area contributed by atoms with E-state index in [2.05, 4.69) is 24.5 Å². The number of rotatable bonds is 7. The van der Waals surface area contributed by atoms with Crippen molar-refractivity contribution in [3.63, 3.8) is 0 Å². The van der Waals surface area contributed by atoms with E-state index in [4.69, 9.17) is 4.74 Å². The number of hydrogen-bond donors (Lipinski definition) is 2. The molecule has 0 bridgehead atoms. The summed E-state index contributed by atoms with van der Waals surface area (Å²) in [5.74, 6) is 0.0611. The minimum Gasteiger partial charge on any atom is -0.379 e. The van der Waals surface area contributed by atoms with Crippen LogP contribution in [-0.2, 0) is 9.53 Å². The molecular formula is C12H26N2O2. The van der Waals surface area contributed by atoms with Gasteiger partial charge in [0.25, 0.3) is 0 Å². The summed E-state index contributed by atoms with van der Waals surface area (Å²) in [6, 6.07) is 0. The Morgan fingerprint density at radius 3 is 2.25 bits per heavy atom. The van der Waals surface area contributed by atoms with E-state index in [1.807, 2.05) is 13.8 Å². The summed E-state index contributed by atoms with van der Waals surface area (Å²) in [5, 5.41) is 5.96. The zero-order valence-corrected chi connectivity index (χ0v) is 11.4. The monoisotopic (exact) mass is 230 g/mol. The Bertz CT molecular complexity index is 225. The van der Waals surface area contributed by atoms with Crippen LogP contribution in [0.4, 0.5) is 0 Å². The first-order valence-electron chi connectivity index (χ1n) is 5.73. The van der Waals surface area contributed by atoms with Crippen LogP contribution in [-0.4, -0.2) is 38.8 Å². The first kappa shape index (κ1) is 15.4. The summed E-state index contributed by atoms with van der Waals surface area (Å²) in [6.45, 7) is 9.49. The lowest BCUT2D eigenvalue weighted by atomic mass is 9.92. The molecule has 2 N–H and O–H groups in total. The van der Waals surface area contributed by atoms with Gasteiger partial charge < -0.3 is 15.4 Å². The summed E-state index contributed by atoms with van der Waals surface area (Å²) < 4.78 is 5.32. The van der Waals surface area contributed by atoms with Gasteiger partial charge in [0, 0.05) is 20.7 Å². The van der Waals surface area contributed by atoms with Crippen LogP contribution >= 0.6 is 0 Å². The van der Waals surface area contributed by atoms with Crippen molar-refractivity contribution in [3.05, 3.63) is 0 Å². The molecule has 0 aromatic heterocycles. The molecule has 4 heteroatoms. The zero-order valence-electron chi connectivity index (χ0n) is 11.4. The second-order valence-corrected chi connectivity index (χ2v) is 5.35. The highest BCUT2D eigenvalue weighted by Gasteiger charge is 2.26. The Hall–Kier alpha value is -0.610. The molecule has 0 saturated heterocycles. The second kappa shape index (κ2) is 6.21. The van der Waals surface area contributed by atoms with Crippen molar-refractivity contribution in [2.45, 2.75) is 39.7 Å². The lowest BCUT2D eigenvalue weighted by Crippen LogP contribution is -2.43. The molecule has 0 heterocycles. The summed E-state index contributed by atoms with van der Waals surface area (Å²) in [6.07, 6.45) is 0.924. The lowest BCUT2D eigenvalue weighted by molar-refractivity contribution is -0.128. The molecule has 0 aliphatic rings. The highest BCUT2D eigenvalue weighted by Crippen LogP contribution is 2.14. The third kappa shape index (κ3) is 5.47. The number of carbonyl (C=O) groups excluding carboxylic acids is 1. The Morgan fingerprint density at radius 1 is 1.25 bits per heavy atom. The fourth-order valence-corrected chi connectivity index (χ4v) is 1.31. The van der Waals surface area contributed by atoms with Crippen molar-refractivity contribution in [2.75, 3.05) is 27.2 Å². The van der Waals surface area contributed by atoms with Crippen LogP contribution in [0.2, 0.25) is 0 Å². The fraction of sp³-hybridized carbons (Fsp3) is 0.917. The first-order valence-corrected chi connectivity index (χ1v) is 5.73. The van der Waals surface area contributed by atoms with Gasteiger partial charge in [0.2, 0.25) is 5.91 Å². The normalized spacial score (nSPS) is 12.6. The van der Waals surface area contributed by atoms with Crippen molar-refractivity contribution < 1.29 is 9.53 Å². The maximum atomic E-state index is 11.5. The van der Waals surface area contributed by atoms with Gasteiger partial charge in [0.1, 0.15) is 0 Å². The van der Waals surface area contributed by atoms with Crippen LogP contribution in [0.5, 0.6) is 0 Å². The van der Waals surface area contributed by atoms with Gasteiger partial charge in [0.15, 0.2) is 0 Å². The van der Waals surface area contributed by atoms with Gasteiger partial charge in [-0.25, -0.2) is 0 Å². The highest BCUT2D eigenvalue weighted by molar-refractivity contribution is 5.81. The second-order valence-electron chi connectivity index (χ2n) is 5.35. The van der Waals surface area contributed by atoms with Crippen molar-refractivity contribution in [2.24, 2.45) is 5.41 Å². The van der Waals surface area contributed by atoms with Crippen molar-refractivity contribution >= 4 is 5.91 Å². The summed E-state index contributed by atoms with van der Waals surface area (Å²) in [4.78, 5) is 11.5. The van der Waals surface area contributed by atoms with Crippen LogP contribution < -0.4 is 10.6 Å². The number of methoxy groups -OCH3 is 1. The number of nitrogens with one attached hydrogen (secondary N) is 2. The average Bonchev–Trinajstić information content (AvgIpc) is 2.23. The van der Waals surface area contributed by atoms with Crippen molar-refractivity contribution in [1.82, 2.24) is 10.6 Å². The molecule has 0 unspecified atom stereocenters. The van der Waals surface area contributed by atoms with E-state index in [0.29, 0.717) is 6.54 Å². The van der Waals surface area contributed by atoms with E-state index in [9.17, 15) is 4.79 Å². The highest BCUT2D eigenvalue weighted by atomic mass is 16.5. The minimum absolute atomic E-state index is 0.0611. The van der Waals surface area contributed by atoms with Gasteiger partial charge in [-0.1, -0.05) is 0 Å². The Morgan fingerprint density at radius 2 is 1.81 bits per heavy atom. The molecule has 0 rings (SSSR count). The van der Waals surface area contributed by atoms with E-state index in [0.717, 1.165) is 13.0 Å². The van der Waals surface area contributed by atoms with Gasteiger partial charge in [-0.3, -0.25) is 4.79 Å². The quantitative estimate of drug-likeness (QED) is 0.645. The Kier molecular flexibility index (Phi) is 5.97. The van der Waals surface area contributed by atoms with Crippen molar-refractivity contribution in [1.29, 1.82) is 0 Å². The molecule has 0 aliphatic heterocycles. The van der Waals surface area contributed by atoms with Gasteiger partial charge in [0.05, 0.1) is 11.0 Å². The molecule has 4 nitrogen and oxygen atoms in total. The summed E-state index contributed by atoms with van der Waals surface area (Å²) in [7, 11) is 3.38. The predicted molar refractivity (Wildman–Crippen MR) is 66.4 cm³/mol. The molecule has 0 radical (unpaired) electrons. The molecule has 0 fully saturated rings. The summed E-state index contributed by atoms with van der Waals surface area (Å²) in [5.41, 5.74) is -0.476. The smallest absolute Gasteiger partial charge is 0.226 e. The van der Waals surface area contributed by atoms with Gasteiger partial charge in [-0.05, 0) is 40.7 Å². The number of amides is 1. The molecule has 0 aromatic rings. The molecule has 16 heavy (non-hydrogen) atoms. The van der Waals surface area contributed by atoms with E-state index in [1.54, 1.807) is 14.2 Å². The topological polar surface area (TPSA) is 50.4 Å². The summed E-state index contributed by atoms with van der Waals surface area (Å²) >= 11 is 0. The molecule has 0 saturated carbocycles. The maximum absolute atomic E-state index is 11.5. The Balaban J connectivity index is 3.86. The van der Waals surface area contributed by atoms with E-state index < -0.39 is 0 Å². The van der Waals surface area contributed by atoms with Crippen LogP contribution in [0.15, 0.2) is 0 Å². The SMILES string of the molecule is CNC(=O)C(C)(C)CNCCC(C)(C)OC. The molecule has 0 aliphatic carbocycles. The van der Waals surface area contributed by atoms with Gasteiger partial charge >= 0.3 is 0 Å². The number of ether oxygens (including phenoxy) is 1. The molecule has 0 spiro atoms. The number of hydrogen-bond acceptors (Lipinski definition) is 3. The molecular weight excluding hydrogens is 204 g/mol. The molecule has 1 amide bonds. The molecule has 0 aromatic carbocycles. The standard InChI is InChI=1S/C12H26N2O2/c1-11(2,10(15)13-5)9-14-8-7-12(3,4)16-6/h14H,7-9H2,1-6H3,(H,13,15). The van der Waals surface area contributed by atoms with Crippen LogP contribution in [0.1, 0.15) is 34.1 Å². The molecule has 0 atom stereocenters. The largest absolute Gasteiger partial charge is 0.379 e. The van der Waals surface area contributed by atoms with E-state index in [-0.39, 0.29) is 16.9 Å². The number of carbonyl (C=O) groups is 1.